The normalized spacial score (nSPS) is 13.9. The van der Waals surface area contributed by atoms with E-state index in [1.54, 1.807) is 13.8 Å². The predicted molar refractivity (Wildman–Crippen MR) is 61.2 cm³/mol. The number of nitrogens with zero attached hydrogens (tertiary/aromatic N) is 1. The molecule has 1 atom stereocenters. The number of aliphatic carboxylic acids is 1. The molecule has 7 heteroatoms. The van der Waals surface area contributed by atoms with Gasteiger partial charge in [0.1, 0.15) is 0 Å². The lowest BCUT2D eigenvalue weighted by Crippen LogP contribution is -2.50. The first-order chi connectivity index (χ1) is 8.36. The minimum Gasteiger partial charge on any atom is -0.481 e. The Hall–Kier alpha value is -1.89. The molecule has 0 fully saturated rings. The lowest BCUT2D eigenvalue weighted by atomic mass is 9.99. The molecule has 18 heavy (non-hydrogen) atoms. The summed E-state index contributed by atoms with van der Waals surface area (Å²) in [6.07, 6.45) is -0.250. The van der Waals surface area contributed by atoms with Crippen molar-refractivity contribution in [1.29, 1.82) is 0 Å². The van der Waals surface area contributed by atoms with Gasteiger partial charge in [-0.2, -0.15) is 0 Å². The van der Waals surface area contributed by atoms with E-state index in [0.717, 1.165) is 0 Å². The summed E-state index contributed by atoms with van der Waals surface area (Å²) in [6.45, 7) is 3.36. The first kappa shape index (κ1) is 14.2. The average molecular weight is 256 g/mol. The maximum absolute atomic E-state index is 11.8. The number of hydrogen-bond donors (Lipinski definition) is 2. The van der Waals surface area contributed by atoms with Crippen molar-refractivity contribution in [2.75, 3.05) is 13.7 Å². The van der Waals surface area contributed by atoms with Crippen LogP contribution in [0.25, 0.3) is 0 Å². The Morgan fingerprint density at radius 2 is 2.28 bits per heavy atom. The highest BCUT2D eigenvalue weighted by atomic mass is 16.5. The van der Waals surface area contributed by atoms with E-state index in [4.69, 9.17) is 14.4 Å². The van der Waals surface area contributed by atoms with Gasteiger partial charge in [-0.3, -0.25) is 9.59 Å². The van der Waals surface area contributed by atoms with Gasteiger partial charge in [0.25, 0.3) is 5.91 Å². The molecule has 0 saturated carbocycles. The highest BCUT2D eigenvalue weighted by molar-refractivity contribution is 5.92. The molecular formula is C11H16N2O5. The van der Waals surface area contributed by atoms with E-state index >= 15 is 0 Å². The fourth-order valence-corrected chi connectivity index (χ4v) is 1.59. The monoisotopic (exact) mass is 256 g/mol. The van der Waals surface area contributed by atoms with Crippen molar-refractivity contribution in [3.8, 4) is 0 Å². The smallest absolute Gasteiger partial charge is 0.305 e. The summed E-state index contributed by atoms with van der Waals surface area (Å²) in [4.78, 5) is 22.6. The van der Waals surface area contributed by atoms with Crippen LogP contribution in [0.5, 0.6) is 0 Å². The number of ether oxygens (including phenoxy) is 1. The number of carbonyl (C=O) groups is 2. The van der Waals surface area contributed by atoms with Crippen LogP contribution in [0.2, 0.25) is 0 Å². The summed E-state index contributed by atoms with van der Waals surface area (Å²) in [7, 11) is 1.44. The number of carbonyl (C=O) groups excluding carboxylic acids is 1. The number of carboxylic acid groups (broad SMARTS) is 1. The Morgan fingerprint density at radius 1 is 1.61 bits per heavy atom. The van der Waals surface area contributed by atoms with Crippen LogP contribution in [0.1, 0.15) is 29.6 Å². The topological polar surface area (TPSA) is 102 Å². The zero-order chi connectivity index (χ0) is 13.8. The molecule has 2 N–H and O–H groups in total. The largest absolute Gasteiger partial charge is 0.481 e. The molecule has 1 aromatic heterocycles. The highest BCUT2D eigenvalue weighted by Gasteiger charge is 2.31. The number of nitrogens with one attached hydrogen (secondary N) is 1. The van der Waals surface area contributed by atoms with Crippen molar-refractivity contribution in [3.05, 3.63) is 17.5 Å². The van der Waals surface area contributed by atoms with Gasteiger partial charge < -0.3 is 19.7 Å². The summed E-state index contributed by atoms with van der Waals surface area (Å²) in [5.41, 5.74) is -0.426. The molecule has 0 aliphatic rings. The Labute approximate surface area is 104 Å². The van der Waals surface area contributed by atoms with Gasteiger partial charge in [0.15, 0.2) is 0 Å². The van der Waals surface area contributed by atoms with E-state index in [1.165, 1.54) is 13.2 Å². The maximum Gasteiger partial charge on any atom is 0.305 e. The third-order valence-electron chi connectivity index (χ3n) is 2.27. The molecule has 1 heterocycles. The number of rotatable bonds is 6. The van der Waals surface area contributed by atoms with E-state index in [0.29, 0.717) is 5.69 Å². The molecule has 0 bridgehead atoms. The molecular weight excluding hydrogens is 240 g/mol. The summed E-state index contributed by atoms with van der Waals surface area (Å²) >= 11 is 0. The van der Waals surface area contributed by atoms with Crippen LogP contribution in [0.4, 0.5) is 0 Å². The fourth-order valence-electron chi connectivity index (χ4n) is 1.59. The highest BCUT2D eigenvalue weighted by Crippen LogP contribution is 2.12. The SMILES string of the molecule is COCC(C)(CC(=O)O)NC(=O)c1cc(C)no1. The van der Waals surface area contributed by atoms with Crippen molar-refractivity contribution in [1.82, 2.24) is 10.5 Å². The van der Waals surface area contributed by atoms with Gasteiger partial charge in [0.05, 0.1) is 24.3 Å². The second kappa shape index (κ2) is 5.63. The Morgan fingerprint density at radius 3 is 2.72 bits per heavy atom. The number of methoxy groups -OCH3 is 1. The quantitative estimate of drug-likeness (QED) is 0.772. The average Bonchev–Trinajstić information content (AvgIpc) is 2.63. The second-order valence-electron chi connectivity index (χ2n) is 4.35. The molecule has 0 aliphatic carbocycles. The molecule has 0 radical (unpaired) electrons. The number of amides is 1. The molecule has 1 aromatic rings. The second-order valence-corrected chi connectivity index (χ2v) is 4.35. The van der Waals surface area contributed by atoms with Gasteiger partial charge in [0, 0.05) is 13.2 Å². The lowest BCUT2D eigenvalue weighted by Gasteiger charge is -2.27. The minimum atomic E-state index is -1.02. The number of carboxylic acids is 1. The van der Waals surface area contributed by atoms with Crippen LogP contribution in [0.3, 0.4) is 0 Å². The molecule has 0 spiro atoms. The summed E-state index contributed by atoms with van der Waals surface area (Å²) < 4.78 is 9.73. The first-order valence-corrected chi connectivity index (χ1v) is 5.33. The molecule has 1 rings (SSSR count). The van der Waals surface area contributed by atoms with Crippen molar-refractivity contribution >= 4 is 11.9 Å². The fraction of sp³-hybridized carbons (Fsp3) is 0.545. The zero-order valence-corrected chi connectivity index (χ0v) is 10.5. The number of aryl methyl sites for hydroxylation is 1. The van der Waals surface area contributed by atoms with E-state index in [-0.39, 0.29) is 18.8 Å². The maximum atomic E-state index is 11.8. The van der Waals surface area contributed by atoms with Crippen LogP contribution in [0.15, 0.2) is 10.6 Å². The number of aromatic nitrogens is 1. The molecule has 0 aliphatic heterocycles. The number of hydrogen-bond acceptors (Lipinski definition) is 5. The Balaban J connectivity index is 2.77. The summed E-state index contributed by atoms with van der Waals surface area (Å²) in [5.74, 6) is -1.50. The summed E-state index contributed by atoms with van der Waals surface area (Å²) in [6, 6.07) is 1.48. The standard InChI is InChI=1S/C11H16N2O5/c1-7-4-8(18-13-7)10(16)12-11(2,6-17-3)5-9(14)15/h4H,5-6H2,1-3H3,(H,12,16)(H,14,15). The summed E-state index contributed by atoms with van der Waals surface area (Å²) in [5, 5.41) is 15.0. The van der Waals surface area contributed by atoms with Crippen LogP contribution >= 0.6 is 0 Å². The third-order valence-corrected chi connectivity index (χ3v) is 2.27. The molecule has 0 aromatic carbocycles. The molecule has 1 unspecified atom stereocenters. The van der Waals surface area contributed by atoms with Gasteiger partial charge in [-0.05, 0) is 13.8 Å². The van der Waals surface area contributed by atoms with Crippen molar-refractivity contribution in [2.24, 2.45) is 0 Å². The van der Waals surface area contributed by atoms with Crippen LogP contribution < -0.4 is 5.32 Å². The Bertz CT molecular complexity index is 442. The van der Waals surface area contributed by atoms with Crippen molar-refractivity contribution in [2.45, 2.75) is 25.8 Å². The first-order valence-electron chi connectivity index (χ1n) is 5.33. The van der Waals surface area contributed by atoms with Crippen LogP contribution in [-0.2, 0) is 9.53 Å². The molecule has 100 valence electrons. The van der Waals surface area contributed by atoms with Crippen LogP contribution in [0, 0.1) is 6.92 Å². The van der Waals surface area contributed by atoms with Gasteiger partial charge in [0.2, 0.25) is 5.76 Å². The minimum absolute atomic E-state index is 0.0419. The van der Waals surface area contributed by atoms with Gasteiger partial charge >= 0.3 is 5.97 Å². The van der Waals surface area contributed by atoms with Gasteiger partial charge in [-0.1, -0.05) is 5.16 Å². The van der Waals surface area contributed by atoms with E-state index in [2.05, 4.69) is 10.5 Å². The van der Waals surface area contributed by atoms with Crippen molar-refractivity contribution in [3.63, 3.8) is 0 Å². The Kier molecular flexibility index (Phi) is 4.43. The predicted octanol–water partition coefficient (Wildman–Crippen LogP) is 0.593. The molecule has 7 nitrogen and oxygen atoms in total. The molecule has 1 amide bonds. The van der Waals surface area contributed by atoms with Crippen LogP contribution in [-0.4, -0.2) is 41.4 Å². The molecule has 0 saturated heterocycles. The third kappa shape index (κ3) is 3.85. The van der Waals surface area contributed by atoms with Crippen molar-refractivity contribution < 1.29 is 24.0 Å². The zero-order valence-electron chi connectivity index (χ0n) is 10.5. The van der Waals surface area contributed by atoms with Gasteiger partial charge in [-0.25, -0.2) is 0 Å². The lowest BCUT2D eigenvalue weighted by molar-refractivity contribution is -0.139. The van der Waals surface area contributed by atoms with E-state index in [9.17, 15) is 9.59 Å². The van der Waals surface area contributed by atoms with E-state index < -0.39 is 17.4 Å². The van der Waals surface area contributed by atoms with Gasteiger partial charge in [-0.15, -0.1) is 0 Å². The van der Waals surface area contributed by atoms with E-state index in [1.807, 2.05) is 0 Å².